The van der Waals surface area contributed by atoms with Crippen LogP contribution in [-0.4, -0.2) is 25.0 Å². The molecular weight excluding hydrogens is 234 g/mol. The second-order valence-corrected chi connectivity index (χ2v) is 4.06. The zero-order valence-corrected chi connectivity index (χ0v) is 10.4. The van der Waals surface area contributed by atoms with E-state index in [1.165, 1.54) is 4.90 Å². The first-order chi connectivity index (χ1) is 7.45. The Labute approximate surface area is 99.2 Å². The van der Waals surface area contributed by atoms with Gasteiger partial charge in [0.2, 0.25) is 0 Å². The maximum Gasteiger partial charge on any atom is 0.255 e. The summed E-state index contributed by atoms with van der Waals surface area (Å²) in [6, 6.07) is 1.90. The summed E-state index contributed by atoms with van der Waals surface area (Å²) in [6.07, 6.45) is -2.38. The van der Waals surface area contributed by atoms with Crippen LogP contribution in [0.15, 0.2) is 6.07 Å². The lowest BCUT2D eigenvalue weighted by molar-refractivity contribution is 0.156. The van der Waals surface area contributed by atoms with E-state index in [0.29, 0.717) is 5.82 Å². The Hall–Kier alpha value is -0.900. The molecule has 90 valence electrons. The first kappa shape index (κ1) is 13.2. The minimum absolute atomic E-state index is 0.280. The highest BCUT2D eigenvalue weighted by molar-refractivity contribution is 6.17. The van der Waals surface area contributed by atoms with Crippen LogP contribution >= 0.6 is 11.6 Å². The molecule has 0 fully saturated rings. The second kappa shape index (κ2) is 5.43. The molecule has 1 aromatic heterocycles. The summed E-state index contributed by atoms with van der Waals surface area (Å²) >= 11 is 5.82. The van der Waals surface area contributed by atoms with Crippen LogP contribution < -0.4 is 4.90 Å². The van der Waals surface area contributed by atoms with Crippen molar-refractivity contribution in [3.8, 4) is 0 Å². The molecule has 0 spiro atoms. The van der Waals surface area contributed by atoms with Crippen molar-refractivity contribution >= 4 is 17.4 Å². The molecule has 0 aliphatic carbocycles. The zero-order chi connectivity index (χ0) is 12.3. The number of aryl methyl sites for hydroxylation is 2. The topological polar surface area (TPSA) is 16.1 Å². The van der Waals surface area contributed by atoms with Gasteiger partial charge in [0.1, 0.15) is 5.82 Å². The van der Waals surface area contributed by atoms with Crippen LogP contribution in [0.2, 0.25) is 0 Å². The third-order valence-corrected chi connectivity index (χ3v) is 2.63. The number of halogens is 3. The Morgan fingerprint density at radius 1 is 1.44 bits per heavy atom. The molecule has 0 aliphatic rings. The average molecular weight is 249 g/mol. The highest BCUT2D eigenvalue weighted by Crippen LogP contribution is 2.23. The number of aromatic nitrogens is 1. The SMILES string of the molecule is Cc1cc(C)c(CCl)c(N(C)CC(F)F)n1. The molecule has 1 rings (SSSR count). The number of nitrogens with zero attached hydrogens (tertiary/aromatic N) is 2. The molecule has 0 bridgehead atoms. The maximum atomic E-state index is 12.3. The molecule has 0 atom stereocenters. The molecular formula is C11H15ClF2N2. The predicted octanol–water partition coefficient (Wildman–Crippen LogP) is 3.14. The lowest BCUT2D eigenvalue weighted by atomic mass is 10.1. The van der Waals surface area contributed by atoms with Crippen molar-refractivity contribution in [1.29, 1.82) is 0 Å². The first-order valence-corrected chi connectivity index (χ1v) is 5.51. The third-order valence-electron chi connectivity index (χ3n) is 2.36. The molecule has 2 nitrogen and oxygen atoms in total. The van der Waals surface area contributed by atoms with Gasteiger partial charge < -0.3 is 4.90 Å². The molecule has 0 unspecified atom stereocenters. The molecule has 1 heterocycles. The third kappa shape index (κ3) is 3.04. The summed E-state index contributed by atoms with van der Waals surface area (Å²) < 4.78 is 24.6. The minimum atomic E-state index is -2.38. The Morgan fingerprint density at radius 2 is 2.06 bits per heavy atom. The molecule has 0 aromatic carbocycles. The minimum Gasteiger partial charge on any atom is -0.354 e. The van der Waals surface area contributed by atoms with E-state index in [0.717, 1.165) is 16.8 Å². The van der Waals surface area contributed by atoms with E-state index in [4.69, 9.17) is 11.6 Å². The van der Waals surface area contributed by atoms with Crippen molar-refractivity contribution in [1.82, 2.24) is 4.98 Å². The standard InChI is InChI=1S/C11H15ClF2N2/c1-7-4-8(2)15-11(9(7)5-12)16(3)6-10(13)14/h4,10H,5-6H2,1-3H3. The van der Waals surface area contributed by atoms with Gasteiger partial charge in [-0.3, -0.25) is 0 Å². The molecule has 1 aromatic rings. The molecule has 0 radical (unpaired) electrons. The zero-order valence-electron chi connectivity index (χ0n) is 9.60. The number of hydrogen-bond donors (Lipinski definition) is 0. The van der Waals surface area contributed by atoms with Crippen molar-refractivity contribution in [3.63, 3.8) is 0 Å². The molecule has 0 saturated carbocycles. The van der Waals surface area contributed by atoms with Gasteiger partial charge in [0.25, 0.3) is 6.43 Å². The number of alkyl halides is 3. The smallest absolute Gasteiger partial charge is 0.255 e. The van der Waals surface area contributed by atoms with Gasteiger partial charge in [-0.25, -0.2) is 13.8 Å². The van der Waals surface area contributed by atoms with Gasteiger partial charge in [-0.1, -0.05) is 0 Å². The number of pyridine rings is 1. The summed E-state index contributed by atoms with van der Waals surface area (Å²) in [6.45, 7) is 3.41. The Bertz CT molecular complexity index is 369. The lowest BCUT2D eigenvalue weighted by Crippen LogP contribution is -2.26. The summed E-state index contributed by atoms with van der Waals surface area (Å²) in [7, 11) is 1.60. The summed E-state index contributed by atoms with van der Waals surface area (Å²) in [5.41, 5.74) is 2.61. The second-order valence-electron chi connectivity index (χ2n) is 3.79. The normalized spacial score (nSPS) is 10.9. The van der Waals surface area contributed by atoms with E-state index in [1.54, 1.807) is 7.05 Å². The molecule has 0 amide bonds. The van der Waals surface area contributed by atoms with Gasteiger partial charge in [-0.15, -0.1) is 11.6 Å². The maximum absolute atomic E-state index is 12.3. The summed E-state index contributed by atoms with van der Waals surface area (Å²) in [5.74, 6) is 0.829. The van der Waals surface area contributed by atoms with Crippen molar-refractivity contribution in [2.75, 3.05) is 18.5 Å². The lowest BCUT2D eigenvalue weighted by Gasteiger charge is -2.21. The molecule has 0 N–H and O–H groups in total. The number of rotatable bonds is 4. The fourth-order valence-electron chi connectivity index (χ4n) is 1.62. The van der Waals surface area contributed by atoms with Crippen molar-refractivity contribution in [3.05, 3.63) is 22.9 Å². The van der Waals surface area contributed by atoms with Crippen molar-refractivity contribution in [2.24, 2.45) is 0 Å². The highest BCUT2D eigenvalue weighted by atomic mass is 35.5. The Balaban J connectivity index is 3.10. The van der Waals surface area contributed by atoms with Crippen LogP contribution in [0.25, 0.3) is 0 Å². The largest absolute Gasteiger partial charge is 0.354 e. The van der Waals surface area contributed by atoms with Crippen LogP contribution in [-0.2, 0) is 5.88 Å². The first-order valence-electron chi connectivity index (χ1n) is 4.98. The van der Waals surface area contributed by atoms with Crippen LogP contribution in [0.4, 0.5) is 14.6 Å². The highest BCUT2D eigenvalue weighted by Gasteiger charge is 2.15. The monoisotopic (exact) mass is 248 g/mol. The fraction of sp³-hybridized carbons (Fsp3) is 0.545. The van der Waals surface area contributed by atoms with Crippen LogP contribution in [0.3, 0.4) is 0 Å². The van der Waals surface area contributed by atoms with Crippen molar-refractivity contribution < 1.29 is 8.78 Å². The summed E-state index contributed by atoms with van der Waals surface area (Å²) in [4.78, 5) is 5.71. The fourth-order valence-corrected chi connectivity index (χ4v) is 1.95. The molecule has 16 heavy (non-hydrogen) atoms. The molecule has 5 heteroatoms. The van der Waals surface area contributed by atoms with E-state index in [9.17, 15) is 8.78 Å². The average Bonchev–Trinajstić information content (AvgIpc) is 2.15. The Kier molecular flexibility index (Phi) is 4.47. The van der Waals surface area contributed by atoms with Gasteiger partial charge in [0.15, 0.2) is 0 Å². The van der Waals surface area contributed by atoms with Crippen LogP contribution in [0.1, 0.15) is 16.8 Å². The van der Waals surface area contributed by atoms with Gasteiger partial charge >= 0.3 is 0 Å². The van der Waals surface area contributed by atoms with Crippen LogP contribution in [0.5, 0.6) is 0 Å². The van der Waals surface area contributed by atoms with Gasteiger partial charge in [0.05, 0.1) is 12.4 Å². The van der Waals surface area contributed by atoms with Gasteiger partial charge in [-0.2, -0.15) is 0 Å². The number of anilines is 1. The van der Waals surface area contributed by atoms with Crippen LogP contribution in [0, 0.1) is 13.8 Å². The number of hydrogen-bond acceptors (Lipinski definition) is 2. The van der Waals surface area contributed by atoms with E-state index in [-0.39, 0.29) is 12.4 Å². The molecule has 0 saturated heterocycles. The predicted molar refractivity (Wildman–Crippen MR) is 62.5 cm³/mol. The van der Waals surface area contributed by atoms with E-state index in [2.05, 4.69) is 4.98 Å². The van der Waals surface area contributed by atoms with Gasteiger partial charge in [-0.05, 0) is 25.5 Å². The van der Waals surface area contributed by atoms with E-state index >= 15 is 0 Å². The van der Waals surface area contributed by atoms with Crippen molar-refractivity contribution in [2.45, 2.75) is 26.2 Å². The Morgan fingerprint density at radius 3 is 2.56 bits per heavy atom. The molecule has 0 aliphatic heterocycles. The van der Waals surface area contributed by atoms with E-state index in [1.807, 2.05) is 19.9 Å². The van der Waals surface area contributed by atoms with Gasteiger partial charge in [0, 0.05) is 18.3 Å². The quantitative estimate of drug-likeness (QED) is 0.761. The van der Waals surface area contributed by atoms with E-state index < -0.39 is 6.43 Å². The summed E-state index contributed by atoms with van der Waals surface area (Å²) in [5, 5.41) is 0.